The second-order valence-electron chi connectivity index (χ2n) is 5.80. The zero-order valence-corrected chi connectivity index (χ0v) is 17.0. The molecule has 1 fully saturated rings. The Hall–Kier alpha value is -2.64. The van der Waals surface area contributed by atoms with Crippen molar-refractivity contribution in [3.8, 4) is 11.5 Å². The number of imide groups is 1. The monoisotopic (exact) mass is 418 g/mol. The molecule has 2 amide bonds. The normalized spacial score (nSPS) is 15.2. The van der Waals surface area contributed by atoms with E-state index in [0.717, 1.165) is 28.0 Å². The molecule has 0 atom stereocenters. The number of methoxy groups -OCH3 is 1. The van der Waals surface area contributed by atoms with Crippen LogP contribution in [0.25, 0.3) is 6.08 Å². The maximum absolute atomic E-state index is 12.6. The molecule has 8 heteroatoms. The lowest BCUT2D eigenvalue weighted by molar-refractivity contribution is -0.122. The topological polar surface area (TPSA) is 67.9 Å². The molecule has 1 aliphatic heterocycles. The van der Waals surface area contributed by atoms with Crippen molar-refractivity contribution in [1.82, 2.24) is 4.90 Å². The molecular weight excluding hydrogens is 400 g/mol. The average molecular weight is 419 g/mol. The zero-order chi connectivity index (χ0) is 20.1. The van der Waals surface area contributed by atoms with Gasteiger partial charge in [-0.05, 0) is 60.7 Å². The van der Waals surface area contributed by atoms with Crippen molar-refractivity contribution in [2.45, 2.75) is 6.92 Å². The highest BCUT2D eigenvalue weighted by Gasteiger charge is 2.34. The average Bonchev–Trinajstić information content (AvgIpc) is 2.95. The van der Waals surface area contributed by atoms with Crippen LogP contribution >= 0.6 is 23.4 Å². The van der Waals surface area contributed by atoms with Gasteiger partial charge < -0.3 is 14.8 Å². The van der Waals surface area contributed by atoms with Crippen molar-refractivity contribution < 1.29 is 19.1 Å². The van der Waals surface area contributed by atoms with Crippen molar-refractivity contribution in [2.24, 2.45) is 0 Å². The summed E-state index contributed by atoms with van der Waals surface area (Å²) in [4.78, 5) is 26.4. The molecule has 0 radical (unpaired) electrons. The maximum Gasteiger partial charge on any atom is 0.295 e. The van der Waals surface area contributed by atoms with E-state index in [4.69, 9.17) is 21.1 Å². The quantitative estimate of drug-likeness (QED) is 0.648. The van der Waals surface area contributed by atoms with E-state index >= 15 is 0 Å². The number of rotatable bonds is 7. The number of nitrogens with zero attached hydrogens (tertiary/aromatic N) is 1. The molecule has 3 rings (SSSR count). The summed E-state index contributed by atoms with van der Waals surface area (Å²) in [6, 6.07) is 12.5. The molecule has 1 N–H and O–H groups in total. The largest absolute Gasteiger partial charge is 0.495 e. The second kappa shape index (κ2) is 9.03. The van der Waals surface area contributed by atoms with Crippen LogP contribution in [0.1, 0.15) is 12.5 Å². The first kappa shape index (κ1) is 20.1. The van der Waals surface area contributed by atoms with Crippen LogP contribution in [0.5, 0.6) is 11.5 Å². The summed E-state index contributed by atoms with van der Waals surface area (Å²) in [6.07, 6.45) is 1.70. The van der Waals surface area contributed by atoms with Gasteiger partial charge in [-0.25, -0.2) is 0 Å². The Kier molecular flexibility index (Phi) is 6.49. The van der Waals surface area contributed by atoms with E-state index in [2.05, 4.69) is 5.32 Å². The van der Waals surface area contributed by atoms with Crippen LogP contribution in [-0.4, -0.2) is 36.4 Å². The van der Waals surface area contributed by atoms with Gasteiger partial charge in [0.15, 0.2) is 0 Å². The highest BCUT2D eigenvalue weighted by atomic mass is 35.5. The minimum atomic E-state index is -0.337. The summed E-state index contributed by atoms with van der Waals surface area (Å²) in [7, 11) is 1.53. The van der Waals surface area contributed by atoms with Crippen molar-refractivity contribution in [3.63, 3.8) is 0 Å². The summed E-state index contributed by atoms with van der Waals surface area (Å²) in [5.74, 6) is 0.975. The van der Waals surface area contributed by atoms with Crippen LogP contribution in [0.15, 0.2) is 47.4 Å². The lowest BCUT2D eigenvalue weighted by atomic mass is 10.2. The number of halogens is 1. The van der Waals surface area contributed by atoms with Crippen LogP contribution in [0.4, 0.5) is 10.5 Å². The summed E-state index contributed by atoms with van der Waals surface area (Å²) < 4.78 is 10.5. The first-order chi connectivity index (χ1) is 13.5. The Labute approximate surface area is 172 Å². The SMILES string of the molecule is CCOc1ccc(C=C2SC(=O)N(CNc3ccc(OC)c(Cl)c3)C2=O)cc1. The number of carbonyl (C=O) groups excluding carboxylic acids is 2. The first-order valence-corrected chi connectivity index (χ1v) is 9.77. The fourth-order valence-electron chi connectivity index (χ4n) is 2.56. The molecule has 2 aromatic carbocycles. The first-order valence-electron chi connectivity index (χ1n) is 8.57. The van der Waals surface area contributed by atoms with Crippen molar-refractivity contribution in [3.05, 3.63) is 58.0 Å². The highest BCUT2D eigenvalue weighted by Crippen LogP contribution is 2.33. The molecular formula is C20H19ClN2O4S. The van der Waals surface area contributed by atoms with E-state index in [1.165, 1.54) is 7.11 Å². The van der Waals surface area contributed by atoms with E-state index in [0.29, 0.717) is 28.0 Å². The van der Waals surface area contributed by atoms with Crippen molar-refractivity contribution in [2.75, 3.05) is 25.7 Å². The molecule has 1 saturated heterocycles. The number of benzene rings is 2. The van der Waals surface area contributed by atoms with Gasteiger partial charge >= 0.3 is 0 Å². The second-order valence-corrected chi connectivity index (χ2v) is 7.20. The van der Waals surface area contributed by atoms with Crippen LogP contribution < -0.4 is 14.8 Å². The van der Waals surface area contributed by atoms with Gasteiger partial charge in [-0.1, -0.05) is 23.7 Å². The van der Waals surface area contributed by atoms with E-state index in [9.17, 15) is 9.59 Å². The molecule has 0 spiro atoms. The number of ether oxygens (including phenoxy) is 2. The predicted molar refractivity (Wildman–Crippen MR) is 112 cm³/mol. The van der Waals surface area contributed by atoms with Gasteiger partial charge in [0.05, 0.1) is 30.3 Å². The lowest BCUT2D eigenvalue weighted by Gasteiger charge is -2.15. The molecule has 1 aliphatic rings. The summed E-state index contributed by atoms with van der Waals surface area (Å²) in [5, 5.41) is 3.15. The van der Waals surface area contributed by atoms with Crippen LogP contribution in [0.2, 0.25) is 5.02 Å². The highest BCUT2D eigenvalue weighted by molar-refractivity contribution is 8.18. The third kappa shape index (κ3) is 4.61. The van der Waals surface area contributed by atoms with Gasteiger partial charge in [0, 0.05) is 5.69 Å². The van der Waals surface area contributed by atoms with Gasteiger partial charge in [0.25, 0.3) is 11.1 Å². The number of hydrogen-bond acceptors (Lipinski definition) is 6. The smallest absolute Gasteiger partial charge is 0.295 e. The van der Waals surface area contributed by atoms with Crippen molar-refractivity contribution >= 4 is 46.3 Å². The third-order valence-electron chi connectivity index (χ3n) is 3.96. The van der Waals surface area contributed by atoms with Crippen LogP contribution in [0.3, 0.4) is 0 Å². The molecule has 0 unspecified atom stereocenters. The Morgan fingerprint density at radius 2 is 1.93 bits per heavy atom. The molecule has 2 aromatic rings. The Bertz CT molecular complexity index is 915. The Morgan fingerprint density at radius 1 is 1.18 bits per heavy atom. The fourth-order valence-corrected chi connectivity index (χ4v) is 3.66. The minimum Gasteiger partial charge on any atom is -0.495 e. The van der Waals surface area contributed by atoms with E-state index in [1.54, 1.807) is 24.3 Å². The van der Waals surface area contributed by atoms with Crippen LogP contribution in [-0.2, 0) is 4.79 Å². The predicted octanol–water partition coefficient (Wildman–Crippen LogP) is 4.85. The molecule has 0 bridgehead atoms. The maximum atomic E-state index is 12.6. The number of nitrogens with one attached hydrogen (secondary N) is 1. The molecule has 0 aromatic heterocycles. The van der Waals surface area contributed by atoms with Gasteiger partial charge in [0.2, 0.25) is 0 Å². The molecule has 28 heavy (non-hydrogen) atoms. The van der Waals surface area contributed by atoms with Crippen molar-refractivity contribution in [1.29, 1.82) is 0 Å². The molecule has 0 saturated carbocycles. The Morgan fingerprint density at radius 3 is 2.57 bits per heavy atom. The van der Waals surface area contributed by atoms with Gasteiger partial charge in [-0.2, -0.15) is 0 Å². The summed E-state index contributed by atoms with van der Waals surface area (Å²) in [5.41, 5.74) is 1.50. The van der Waals surface area contributed by atoms with E-state index < -0.39 is 0 Å². The van der Waals surface area contributed by atoms with E-state index in [-0.39, 0.29) is 17.8 Å². The molecule has 146 valence electrons. The summed E-state index contributed by atoms with van der Waals surface area (Å²) >= 11 is 7.01. The Balaban J connectivity index is 1.66. The van der Waals surface area contributed by atoms with Gasteiger partial charge in [0.1, 0.15) is 11.5 Å². The molecule has 0 aliphatic carbocycles. The van der Waals surface area contributed by atoms with Gasteiger partial charge in [-0.3, -0.25) is 14.5 Å². The number of carbonyl (C=O) groups is 2. The standard InChI is InChI=1S/C20H19ClN2O4S/c1-3-27-15-7-4-13(5-8-15)10-18-19(24)23(20(25)28-18)12-22-14-6-9-17(26-2)16(21)11-14/h4-11,22H,3,12H2,1-2H3. The molecule has 6 nitrogen and oxygen atoms in total. The minimum absolute atomic E-state index is 0.0495. The van der Waals surface area contributed by atoms with E-state index in [1.807, 2.05) is 31.2 Å². The number of hydrogen-bond donors (Lipinski definition) is 1. The number of anilines is 1. The summed E-state index contributed by atoms with van der Waals surface area (Å²) in [6.45, 7) is 2.55. The number of thioether (sulfide) groups is 1. The van der Waals surface area contributed by atoms with Gasteiger partial charge in [-0.15, -0.1) is 0 Å². The lowest BCUT2D eigenvalue weighted by Crippen LogP contribution is -2.33. The molecule has 1 heterocycles. The zero-order valence-electron chi connectivity index (χ0n) is 15.4. The third-order valence-corrected chi connectivity index (χ3v) is 5.16. The number of amides is 2. The fraction of sp³-hybridized carbons (Fsp3) is 0.200. The van der Waals surface area contributed by atoms with Crippen LogP contribution in [0, 0.1) is 0 Å².